The van der Waals surface area contributed by atoms with Crippen LogP contribution in [0.5, 0.6) is 0 Å². The van der Waals surface area contributed by atoms with Gasteiger partial charge in [0.05, 0.1) is 12.3 Å². The SMILES string of the molecule is O=C(O)COC[C@H]1CC[C@H](Cn2nc(-c3ccccc3)c(-c3cccc(F)c3)cc2=O)CC1. The Balaban J connectivity index is 1.54. The van der Waals surface area contributed by atoms with Gasteiger partial charge in [0.15, 0.2) is 0 Å². The Morgan fingerprint density at radius 3 is 2.39 bits per heavy atom. The van der Waals surface area contributed by atoms with Gasteiger partial charge in [0.2, 0.25) is 0 Å². The maximum atomic E-state index is 13.9. The van der Waals surface area contributed by atoms with Gasteiger partial charge in [0, 0.05) is 23.7 Å². The van der Waals surface area contributed by atoms with Crippen LogP contribution in [0.3, 0.4) is 0 Å². The van der Waals surface area contributed by atoms with Crippen molar-refractivity contribution in [3.05, 3.63) is 76.8 Å². The molecular weight excluding hydrogens is 423 g/mol. The average Bonchev–Trinajstić information content (AvgIpc) is 2.81. The van der Waals surface area contributed by atoms with E-state index in [0.29, 0.717) is 41.8 Å². The Labute approximate surface area is 191 Å². The zero-order valence-electron chi connectivity index (χ0n) is 18.3. The van der Waals surface area contributed by atoms with Crippen LogP contribution in [0.25, 0.3) is 22.4 Å². The quantitative estimate of drug-likeness (QED) is 0.541. The van der Waals surface area contributed by atoms with Crippen molar-refractivity contribution in [1.29, 1.82) is 0 Å². The van der Waals surface area contributed by atoms with Crippen LogP contribution < -0.4 is 5.56 Å². The van der Waals surface area contributed by atoms with Gasteiger partial charge in [-0.2, -0.15) is 5.10 Å². The van der Waals surface area contributed by atoms with Crippen molar-refractivity contribution in [2.24, 2.45) is 11.8 Å². The lowest BCUT2D eigenvalue weighted by molar-refractivity contribution is -0.142. The van der Waals surface area contributed by atoms with Crippen LogP contribution in [0.15, 0.2) is 65.5 Å². The summed E-state index contributed by atoms with van der Waals surface area (Å²) >= 11 is 0. The van der Waals surface area contributed by atoms with E-state index in [0.717, 1.165) is 31.2 Å². The molecule has 1 aliphatic carbocycles. The summed E-state index contributed by atoms with van der Waals surface area (Å²) in [7, 11) is 0. The molecule has 1 saturated carbocycles. The van der Waals surface area contributed by atoms with Crippen LogP contribution >= 0.6 is 0 Å². The number of hydrogen-bond donors (Lipinski definition) is 1. The second kappa shape index (κ2) is 10.5. The highest BCUT2D eigenvalue weighted by molar-refractivity contribution is 5.80. The highest BCUT2D eigenvalue weighted by Crippen LogP contribution is 2.32. The number of carbonyl (C=O) groups is 1. The van der Waals surface area contributed by atoms with Gasteiger partial charge in [0.1, 0.15) is 12.4 Å². The number of benzene rings is 2. The van der Waals surface area contributed by atoms with Gasteiger partial charge in [-0.3, -0.25) is 4.79 Å². The van der Waals surface area contributed by atoms with E-state index in [9.17, 15) is 14.0 Å². The number of nitrogens with zero attached hydrogens (tertiary/aromatic N) is 2. The normalized spacial score (nSPS) is 18.2. The summed E-state index contributed by atoms with van der Waals surface area (Å²) in [6, 6.07) is 17.4. The zero-order chi connectivity index (χ0) is 23.2. The Hall–Kier alpha value is -3.32. The first kappa shape index (κ1) is 22.9. The molecule has 0 atom stereocenters. The molecule has 0 bridgehead atoms. The summed E-state index contributed by atoms with van der Waals surface area (Å²) < 4.78 is 20.6. The molecule has 1 heterocycles. The second-order valence-electron chi connectivity index (χ2n) is 8.60. The third kappa shape index (κ3) is 5.93. The molecule has 0 radical (unpaired) electrons. The molecule has 3 aromatic rings. The van der Waals surface area contributed by atoms with Crippen molar-refractivity contribution in [2.45, 2.75) is 32.2 Å². The molecule has 0 aliphatic heterocycles. The van der Waals surface area contributed by atoms with Gasteiger partial charge in [-0.1, -0.05) is 42.5 Å². The molecule has 1 aliphatic rings. The number of halogens is 1. The van der Waals surface area contributed by atoms with Crippen molar-refractivity contribution < 1.29 is 19.0 Å². The summed E-state index contributed by atoms with van der Waals surface area (Å²) in [6.07, 6.45) is 3.74. The van der Waals surface area contributed by atoms with Gasteiger partial charge >= 0.3 is 5.97 Å². The fourth-order valence-corrected chi connectivity index (χ4v) is 4.44. The van der Waals surface area contributed by atoms with Crippen LogP contribution in [0, 0.1) is 17.7 Å². The number of carboxylic acid groups (broad SMARTS) is 1. The van der Waals surface area contributed by atoms with Gasteiger partial charge in [-0.15, -0.1) is 0 Å². The monoisotopic (exact) mass is 450 g/mol. The Morgan fingerprint density at radius 2 is 1.70 bits per heavy atom. The molecule has 0 spiro atoms. The molecule has 1 aromatic heterocycles. The number of aliphatic carboxylic acids is 1. The predicted octanol–water partition coefficient (Wildman–Crippen LogP) is 4.62. The van der Waals surface area contributed by atoms with Crippen molar-refractivity contribution in [2.75, 3.05) is 13.2 Å². The first-order valence-corrected chi connectivity index (χ1v) is 11.2. The number of carboxylic acids is 1. The summed E-state index contributed by atoms with van der Waals surface area (Å²) in [5.41, 5.74) is 2.54. The van der Waals surface area contributed by atoms with E-state index in [4.69, 9.17) is 14.9 Å². The predicted molar refractivity (Wildman–Crippen MR) is 123 cm³/mol. The van der Waals surface area contributed by atoms with E-state index < -0.39 is 5.97 Å². The molecule has 4 rings (SSSR count). The van der Waals surface area contributed by atoms with Gasteiger partial charge < -0.3 is 9.84 Å². The molecular formula is C26H27FN2O4. The number of ether oxygens (including phenoxy) is 1. The topological polar surface area (TPSA) is 81.4 Å². The minimum Gasteiger partial charge on any atom is -0.480 e. The highest BCUT2D eigenvalue weighted by Gasteiger charge is 2.23. The first-order chi connectivity index (χ1) is 16.0. The lowest BCUT2D eigenvalue weighted by Crippen LogP contribution is -2.29. The standard InChI is InChI=1S/C26H27FN2O4/c27-22-8-4-7-21(13-22)23-14-24(30)29(28-26(23)20-5-2-1-3-6-20)15-18-9-11-19(12-10-18)16-33-17-25(31)32/h1-8,13-14,18-19H,9-12,15-17H2,(H,31,32)/t18-,19-. The van der Waals surface area contributed by atoms with E-state index >= 15 is 0 Å². The summed E-state index contributed by atoms with van der Waals surface area (Å²) in [4.78, 5) is 23.6. The van der Waals surface area contributed by atoms with Crippen molar-refractivity contribution in [3.8, 4) is 22.4 Å². The van der Waals surface area contributed by atoms with Crippen LogP contribution in [0.1, 0.15) is 25.7 Å². The molecule has 172 valence electrons. The van der Waals surface area contributed by atoms with Gasteiger partial charge in [-0.25, -0.2) is 13.9 Å². The van der Waals surface area contributed by atoms with Crippen LogP contribution in [-0.2, 0) is 16.1 Å². The molecule has 0 amide bonds. The molecule has 2 aromatic carbocycles. The van der Waals surface area contributed by atoms with Crippen molar-refractivity contribution >= 4 is 5.97 Å². The molecule has 33 heavy (non-hydrogen) atoms. The minimum absolute atomic E-state index is 0.208. The van der Waals surface area contributed by atoms with Crippen molar-refractivity contribution in [1.82, 2.24) is 9.78 Å². The lowest BCUT2D eigenvalue weighted by atomic mass is 9.82. The third-order valence-corrected chi connectivity index (χ3v) is 6.16. The van der Waals surface area contributed by atoms with E-state index in [1.165, 1.54) is 16.8 Å². The highest BCUT2D eigenvalue weighted by atomic mass is 19.1. The zero-order valence-corrected chi connectivity index (χ0v) is 18.3. The summed E-state index contributed by atoms with van der Waals surface area (Å²) in [5.74, 6) is -0.653. The average molecular weight is 451 g/mol. The fourth-order valence-electron chi connectivity index (χ4n) is 4.44. The molecule has 6 nitrogen and oxygen atoms in total. The van der Waals surface area contributed by atoms with E-state index in [-0.39, 0.29) is 18.0 Å². The van der Waals surface area contributed by atoms with Gasteiger partial charge in [0.25, 0.3) is 5.56 Å². The maximum absolute atomic E-state index is 13.9. The van der Waals surface area contributed by atoms with E-state index in [2.05, 4.69) is 0 Å². The smallest absolute Gasteiger partial charge is 0.329 e. The third-order valence-electron chi connectivity index (χ3n) is 6.16. The molecule has 0 unspecified atom stereocenters. The molecule has 0 saturated heterocycles. The van der Waals surface area contributed by atoms with Crippen LogP contribution in [0.4, 0.5) is 4.39 Å². The lowest BCUT2D eigenvalue weighted by Gasteiger charge is -2.28. The molecule has 7 heteroatoms. The largest absolute Gasteiger partial charge is 0.480 e. The van der Waals surface area contributed by atoms with E-state index in [1.807, 2.05) is 30.3 Å². The minimum atomic E-state index is -0.954. The number of hydrogen-bond acceptors (Lipinski definition) is 4. The summed E-state index contributed by atoms with van der Waals surface area (Å²) in [6.45, 7) is 0.710. The number of rotatable bonds is 8. The summed E-state index contributed by atoms with van der Waals surface area (Å²) in [5, 5.41) is 13.4. The molecule has 1 N–H and O–H groups in total. The van der Waals surface area contributed by atoms with Crippen molar-refractivity contribution in [3.63, 3.8) is 0 Å². The Morgan fingerprint density at radius 1 is 1.00 bits per heavy atom. The van der Waals surface area contributed by atoms with E-state index in [1.54, 1.807) is 18.2 Å². The number of aromatic nitrogens is 2. The van der Waals surface area contributed by atoms with Gasteiger partial charge in [-0.05, 0) is 55.2 Å². The second-order valence-corrected chi connectivity index (χ2v) is 8.60. The molecule has 1 fully saturated rings. The fraction of sp³-hybridized carbons (Fsp3) is 0.346. The first-order valence-electron chi connectivity index (χ1n) is 11.2. The van der Waals surface area contributed by atoms with Crippen LogP contribution in [-0.4, -0.2) is 34.1 Å². The maximum Gasteiger partial charge on any atom is 0.329 e. The Kier molecular flexibility index (Phi) is 7.29. The Bertz CT molecular complexity index is 1150. The van der Waals surface area contributed by atoms with Crippen LogP contribution in [0.2, 0.25) is 0 Å².